The van der Waals surface area contributed by atoms with E-state index in [0.29, 0.717) is 10.6 Å². The minimum absolute atomic E-state index is 0.109. The lowest BCUT2D eigenvalue weighted by molar-refractivity contribution is -0.121. The van der Waals surface area contributed by atoms with Gasteiger partial charge >= 0.3 is 0 Å². The molecule has 1 heterocycles. The average molecular weight is 391 g/mol. The van der Waals surface area contributed by atoms with Gasteiger partial charge in [0.2, 0.25) is 11.8 Å². The summed E-state index contributed by atoms with van der Waals surface area (Å²) in [5.41, 5.74) is 3.35. The summed E-state index contributed by atoms with van der Waals surface area (Å²) in [5.74, 6) is -0.509. The van der Waals surface area contributed by atoms with Crippen LogP contribution in [-0.2, 0) is 16.0 Å². The maximum atomic E-state index is 12.3. The normalized spacial score (nSPS) is 16.3. The van der Waals surface area contributed by atoms with E-state index in [0.717, 1.165) is 17.7 Å². The molecule has 0 aliphatic carbocycles. The highest BCUT2D eigenvalue weighted by atomic mass is 32.2. The summed E-state index contributed by atoms with van der Waals surface area (Å²) in [5, 5.41) is 15.7. The van der Waals surface area contributed by atoms with Gasteiger partial charge in [-0.15, -0.1) is 0 Å². The van der Waals surface area contributed by atoms with E-state index in [1.54, 1.807) is 0 Å². The summed E-state index contributed by atoms with van der Waals surface area (Å²) in [4.78, 5) is 24.4. The molecule has 5 nitrogen and oxygen atoms in total. The van der Waals surface area contributed by atoms with Crippen LogP contribution in [0.4, 0.5) is 5.69 Å². The van der Waals surface area contributed by atoms with Gasteiger partial charge in [-0.2, -0.15) is 5.26 Å². The molecule has 6 heteroatoms. The zero-order valence-electron chi connectivity index (χ0n) is 15.6. The van der Waals surface area contributed by atoms with Gasteiger partial charge in [-0.25, -0.2) is 0 Å². The first-order valence-electron chi connectivity index (χ1n) is 9.11. The van der Waals surface area contributed by atoms with E-state index in [2.05, 4.69) is 23.6 Å². The van der Waals surface area contributed by atoms with Crippen molar-refractivity contribution in [2.45, 2.75) is 25.7 Å². The average Bonchev–Trinajstić information content (AvgIpc) is 2.73. The number of amides is 2. The van der Waals surface area contributed by atoms with Gasteiger partial charge in [0.05, 0.1) is 22.4 Å². The number of thioether (sulfide) groups is 1. The maximum absolute atomic E-state index is 12.3. The number of hydrogen-bond acceptors (Lipinski definition) is 4. The highest BCUT2D eigenvalue weighted by Gasteiger charge is 2.29. The summed E-state index contributed by atoms with van der Waals surface area (Å²) in [7, 11) is 0. The SMILES string of the molecule is CCc1ccc(NC(=O)CSC2=C(C#N)[C@@H](c3ccccc3)CC(=O)N2)cc1. The molecule has 3 rings (SSSR count). The van der Waals surface area contributed by atoms with E-state index in [-0.39, 0.29) is 29.9 Å². The predicted octanol–water partition coefficient (Wildman–Crippen LogP) is 3.96. The molecule has 0 unspecified atom stereocenters. The van der Waals surface area contributed by atoms with Crippen molar-refractivity contribution in [3.63, 3.8) is 0 Å². The first kappa shape index (κ1) is 19.7. The standard InChI is InChI=1S/C22H21N3O2S/c1-2-15-8-10-17(11-9-15)24-21(27)14-28-22-19(13-23)18(12-20(26)25-22)16-6-4-3-5-7-16/h3-11,18H,2,12,14H2,1H3,(H,24,27)(H,25,26)/t18-/m1/s1. The number of carbonyl (C=O) groups is 2. The van der Waals surface area contributed by atoms with E-state index >= 15 is 0 Å². The van der Waals surface area contributed by atoms with Crippen LogP contribution in [0.5, 0.6) is 0 Å². The van der Waals surface area contributed by atoms with Crippen LogP contribution in [0.15, 0.2) is 65.2 Å². The monoisotopic (exact) mass is 391 g/mol. The summed E-state index contributed by atoms with van der Waals surface area (Å²) in [6.07, 6.45) is 1.17. The van der Waals surface area contributed by atoms with Gasteiger partial charge in [0.25, 0.3) is 0 Å². The molecule has 2 aromatic carbocycles. The maximum Gasteiger partial charge on any atom is 0.234 e. The van der Waals surface area contributed by atoms with Gasteiger partial charge < -0.3 is 10.6 Å². The van der Waals surface area contributed by atoms with Gasteiger partial charge in [-0.05, 0) is 29.7 Å². The molecule has 2 aromatic rings. The molecule has 142 valence electrons. The number of rotatable bonds is 6. The van der Waals surface area contributed by atoms with Crippen LogP contribution < -0.4 is 10.6 Å². The molecule has 0 saturated carbocycles. The Morgan fingerprint density at radius 2 is 1.93 bits per heavy atom. The van der Waals surface area contributed by atoms with Gasteiger partial charge in [0.15, 0.2) is 0 Å². The molecule has 0 bridgehead atoms. The number of nitrogens with zero attached hydrogens (tertiary/aromatic N) is 1. The van der Waals surface area contributed by atoms with E-state index < -0.39 is 0 Å². The first-order valence-corrected chi connectivity index (χ1v) is 10.1. The van der Waals surface area contributed by atoms with E-state index in [1.807, 2.05) is 54.6 Å². The number of carbonyl (C=O) groups excluding carboxylic acids is 2. The van der Waals surface area contributed by atoms with Crippen LogP contribution >= 0.6 is 11.8 Å². The Bertz CT molecular complexity index is 931. The Hall–Kier alpha value is -3.04. The number of allylic oxidation sites excluding steroid dienone is 1. The van der Waals surface area contributed by atoms with Crippen molar-refractivity contribution in [1.82, 2.24) is 5.32 Å². The Labute approximate surface area is 168 Å². The molecular weight excluding hydrogens is 370 g/mol. The number of benzene rings is 2. The lowest BCUT2D eigenvalue weighted by Crippen LogP contribution is -2.31. The van der Waals surface area contributed by atoms with Crippen LogP contribution in [0.2, 0.25) is 0 Å². The lowest BCUT2D eigenvalue weighted by Gasteiger charge is -2.25. The Kier molecular flexibility index (Phi) is 6.51. The second kappa shape index (κ2) is 9.25. The fourth-order valence-corrected chi connectivity index (χ4v) is 3.94. The summed E-state index contributed by atoms with van der Waals surface area (Å²) >= 11 is 1.18. The van der Waals surface area contributed by atoms with Gasteiger partial charge in [0, 0.05) is 18.0 Å². The smallest absolute Gasteiger partial charge is 0.234 e. The van der Waals surface area contributed by atoms with Gasteiger partial charge in [-0.1, -0.05) is 61.2 Å². The predicted molar refractivity (Wildman–Crippen MR) is 111 cm³/mol. The molecule has 1 aliphatic rings. The molecule has 0 spiro atoms. The van der Waals surface area contributed by atoms with Crippen LogP contribution in [0.3, 0.4) is 0 Å². The second-order valence-electron chi connectivity index (χ2n) is 6.46. The minimum atomic E-state index is -0.285. The Morgan fingerprint density at radius 1 is 1.21 bits per heavy atom. The number of aryl methyl sites for hydroxylation is 1. The first-order chi connectivity index (χ1) is 13.6. The zero-order chi connectivity index (χ0) is 19.9. The van der Waals surface area contributed by atoms with Crippen molar-refractivity contribution >= 4 is 29.3 Å². The van der Waals surface area contributed by atoms with Crippen molar-refractivity contribution in [2.24, 2.45) is 0 Å². The molecule has 0 aromatic heterocycles. The molecule has 0 radical (unpaired) electrons. The highest BCUT2D eigenvalue weighted by molar-refractivity contribution is 8.03. The third kappa shape index (κ3) is 4.81. The second-order valence-corrected chi connectivity index (χ2v) is 7.44. The van der Waals surface area contributed by atoms with Crippen LogP contribution in [0, 0.1) is 11.3 Å². The molecule has 2 amide bonds. The number of hydrogen-bond donors (Lipinski definition) is 2. The van der Waals surface area contributed by atoms with E-state index in [1.165, 1.54) is 17.3 Å². The largest absolute Gasteiger partial charge is 0.325 e. The fraction of sp³-hybridized carbons (Fsp3) is 0.227. The summed E-state index contributed by atoms with van der Waals surface area (Å²) < 4.78 is 0. The molecule has 1 atom stereocenters. The topological polar surface area (TPSA) is 82.0 Å². The lowest BCUT2D eigenvalue weighted by atomic mass is 9.87. The van der Waals surface area contributed by atoms with Gasteiger partial charge in [0.1, 0.15) is 0 Å². The molecule has 2 N–H and O–H groups in total. The quantitative estimate of drug-likeness (QED) is 0.781. The third-order valence-corrected chi connectivity index (χ3v) is 5.57. The number of nitriles is 1. The highest BCUT2D eigenvalue weighted by Crippen LogP contribution is 2.35. The Morgan fingerprint density at radius 3 is 2.57 bits per heavy atom. The fourth-order valence-electron chi connectivity index (χ4n) is 3.06. The van der Waals surface area contributed by atoms with Crippen molar-refractivity contribution in [3.8, 4) is 6.07 Å². The van der Waals surface area contributed by atoms with Crippen LogP contribution in [0.25, 0.3) is 0 Å². The number of anilines is 1. The zero-order valence-corrected chi connectivity index (χ0v) is 16.4. The van der Waals surface area contributed by atoms with Crippen LogP contribution in [-0.4, -0.2) is 17.6 Å². The molecule has 1 aliphatic heterocycles. The van der Waals surface area contributed by atoms with Crippen molar-refractivity contribution in [3.05, 3.63) is 76.3 Å². The van der Waals surface area contributed by atoms with E-state index in [9.17, 15) is 14.9 Å². The minimum Gasteiger partial charge on any atom is -0.325 e. The van der Waals surface area contributed by atoms with Gasteiger partial charge in [-0.3, -0.25) is 9.59 Å². The Balaban J connectivity index is 1.70. The van der Waals surface area contributed by atoms with Crippen LogP contribution in [0.1, 0.15) is 30.4 Å². The number of nitrogens with one attached hydrogen (secondary N) is 2. The van der Waals surface area contributed by atoms with Crippen molar-refractivity contribution < 1.29 is 9.59 Å². The summed E-state index contributed by atoms with van der Waals surface area (Å²) in [6.45, 7) is 2.08. The summed E-state index contributed by atoms with van der Waals surface area (Å²) in [6, 6.07) is 19.4. The molecule has 28 heavy (non-hydrogen) atoms. The van der Waals surface area contributed by atoms with Crippen molar-refractivity contribution in [2.75, 3.05) is 11.1 Å². The molecule has 0 fully saturated rings. The van der Waals surface area contributed by atoms with E-state index in [4.69, 9.17) is 0 Å². The molecular formula is C22H21N3O2S. The van der Waals surface area contributed by atoms with Crippen molar-refractivity contribution in [1.29, 1.82) is 5.26 Å². The third-order valence-electron chi connectivity index (χ3n) is 4.55. The molecule has 0 saturated heterocycles.